The van der Waals surface area contributed by atoms with Crippen LogP contribution in [0.4, 0.5) is 10.2 Å². The Morgan fingerprint density at radius 2 is 1.81 bits per heavy atom. The Hall–Kier alpha value is -3.63. The average molecular weight is 489 g/mol. The first-order chi connectivity index (χ1) is 17.5. The molecule has 36 heavy (non-hydrogen) atoms. The van der Waals surface area contributed by atoms with Crippen molar-refractivity contribution in [2.24, 2.45) is 0 Å². The summed E-state index contributed by atoms with van der Waals surface area (Å²) < 4.78 is 21.5. The van der Waals surface area contributed by atoms with E-state index in [0.717, 1.165) is 25.2 Å². The lowest BCUT2D eigenvalue weighted by Crippen LogP contribution is -2.43. The number of rotatable bonds is 7. The Kier molecular flexibility index (Phi) is 5.77. The molecule has 4 aromatic rings. The predicted octanol–water partition coefficient (Wildman–Crippen LogP) is 2.94. The van der Waals surface area contributed by atoms with Crippen LogP contribution < -0.4 is 10.5 Å². The van der Waals surface area contributed by atoms with Crippen LogP contribution in [0.25, 0.3) is 22.6 Å². The first-order valence-electron chi connectivity index (χ1n) is 12.3. The number of aromatic nitrogens is 5. The number of nitrogens with zero attached hydrogens (tertiary/aromatic N) is 7. The fourth-order valence-corrected chi connectivity index (χ4v) is 5.41. The molecular formula is C26H29FN8O. The van der Waals surface area contributed by atoms with Gasteiger partial charge in [-0.3, -0.25) is 9.88 Å². The highest BCUT2D eigenvalue weighted by Crippen LogP contribution is 2.31. The van der Waals surface area contributed by atoms with E-state index in [1.165, 1.54) is 24.2 Å². The number of halogens is 1. The summed E-state index contributed by atoms with van der Waals surface area (Å²) >= 11 is 0. The molecule has 6 rings (SSSR count). The fraction of sp³-hybridized carbons (Fsp3) is 0.385. The van der Waals surface area contributed by atoms with E-state index in [9.17, 15) is 4.39 Å². The molecule has 10 heteroatoms. The number of nitrogens with two attached hydrogens (primary N) is 1. The van der Waals surface area contributed by atoms with E-state index in [2.05, 4.69) is 61.0 Å². The van der Waals surface area contributed by atoms with E-state index >= 15 is 0 Å². The third kappa shape index (κ3) is 4.16. The number of fused-ring (bicyclic) bond motifs is 3. The highest BCUT2D eigenvalue weighted by atomic mass is 19.1. The molecule has 2 bridgehead atoms. The van der Waals surface area contributed by atoms with Gasteiger partial charge in [0.2, 0.25) is 0 Å². The number of ether oxygens (including phenoxy) is 1. The third-order valence-electron chi connectivity index (χ3n) is 7.21. The van der Waals surface area contributed by atoms with Crippen LogP contribution in [0.5, 0.6) is 6.01 Å². The van der Waals surface area contributed by atoms with Gasteiger partial charge in [0.15, 0.2) is 17.0 Å². The Bertz CT molecular complexity index is 1400. The van der Waals surface area contributed by atoms with Crippen molar-refractivity contribution in [3.63, 3.8) is 0 Å². The van der Waals surface area contributed by atoms with Gasteiger partial charge < -0.3 is 19.9 Å². The van der Waals surface area contributed by atoms with E-state index in [0.29, 0.717) is 47.8 Å². The van der Waals surface area contributed by atoms with Crippen LogP contribution in [0.2, 0.25) is 0 Å². The molecule has 186 valence electrons. The number of benzene rings is 1. The number of anilines is 1. The normalized spacial score (nSPS) is 20.0. The molecule has 1 aromatic carbocycles. The summed E-state index contributed by atoms with van der Waals surface area (Å²) in [5.74, 6) is 0.299. The number of likely N-dealkylation sites (tertiary alicyclic amines) is 2. The van der Waals surface area contributed by atoms with Crippen molar-refractivity contribution in [1.29, 1.82) is 0 Å². The van der Waals surface area contributed by atoms with E-state index in [1.54, 1.807) is 6.20 Å². The highest BCUT2D eigenvalue weighted by molar-refractivity contribution is 5.85. The van der Waals surface area contributed by atoms with E-state index in [-0.39, 0.29) is 11.8 Å². The Labute approximate surface area is 208 Å². The first kappa shape index (κ1) is 22.8. The van der Waals surface area contributed by atoms with Gasteiger partial charge in [-0.15, -0.1) is 0 Å². The largest absolute Gasteiger partial charge is 0.464 e. The highest BCUT2D eigenvalue weighted by Gasteiger charge is 2.41. The Morgan fingerprint density at radius 3 is 2.47 bits per heavy atom. The third-order valence-corrected chi connectivity index (χ3v) is 7.21. The monoisotopic (exact) mass is 488 g/mol. The molecular weight excluding hydrogens is 459 g/mol. The lowest BCUT2D eigenvalue weighted by Gasteiger charge is -2.31. The molecule has 2 fully saturated rings. The zero-order valence-electron chi connectivity index (χ0n) is 20.4. The summed E-state index contributed by atoms with van der Waals surface area (Å²) in [6.07, 6.45) is 4.02. The molecule has 2 aliphatic rings. The second kappa shape index (κ2) is 9.11. The topological polar surface area (TPSA) is 98.2 Å². The summed E-state index contributed by atoms with van der Waals surface area (Å²) in [6, 6.07) is 11.6. The standard InChI is InChI=1S/C26H29FN8O/c1-3-36-26-31-23(28)22-25(32-26)35(24(30-22)18-8-19(27)11-29-10-18)13-17-6-4-16(5-7-17)12-34-15-20-9-21(34)14-33(20)2/h4-8,10-11,20-21H,3,9,12-15H2,1-2H3,(H2,28,31,32)/t20-,21-/m0/s1. The second-order valence-corrected chi connectivity index (χ2v) is 9.64. The van der Waals surface area contributed by atoms with Crippen molar-refractivity contribution in [3.05, 3.63) is 59.7 Å². The molecule has 2 aliphatic heterocycles. The number of pyridine rings is 1. The van der Waals surface area contributed by atoms with Gasteiger partial charge in [0.25, 0.3) is 0 Å². The van der Waals surface area contributed by atoms with Gasteiger partial charge in [0.05, 0.1) is 19.3 Å². The molecule has 3 aromatic heterocycles. The number of hydrogen-bond donors (Lipinski definition) is 1. The first-order valence-corrected chi connectivity index (χ1v) is 12.3. The van der Waals surface area contributed by atoms with Crippen LogP contribution in [0.15, 0.2) is 42.7 Å². The summed E-state index contributed by atoms with van der Waals surface area (Å²) in [4.78, 5) is 22.5. The molecule has 0 aliphatic carbocycles. The summed E-state index contributed by atoms with van der Waals surface area (Å²) in [5, 5.41) is 0. The zero-order chi connectivity index (χ0) is 24.8. The minimum absolute atomic E-state index is 0.188. The van der Waals surface area contributed by atoms with Crippen molar-refractivity contribution >= 4 is 17.0 Å². The van der Waals surface area contributed by atoms with Gasteiger partial charge in [-0.1, -0.05) is 24.3 Å². The molecule has 2 atom stereocenters. The number of hydrogen-bond acceptors (Lipinski definition) is 8. The van der Waals surface area contributed by atoms with E-state index in [4.69, 9.17) is 10.5 Å². The SMILES string of the molecule is CCOc1nc(N)c2nc(-c3cncc(F)c3)n(Cc3ccc(CN4C[C@@H]5C[C@H]4CN5C)cc3)c2n1. The van der Waals surface area contributed by atoms with Crippen LogP contribution >= 0.6 is 0 Å². The number of piperazine rings is 1. The van der Waals surface area contributed by atoms with Gasteiger partial charge in [-0.2, -0.15) is 9.97 Å². The van der Waals surface area contributed by atoms with E-state index < -0.39 is 5.82 Å². The molecule has 0 amide bonds. The van der Waals surface area contributed by atoms with E-state index in [1.807, 2.05) is 11.5 Å². The van der Waals surface area contributed by atoms with Crippen molar-refractivity contribution in [2.45, 2.75) is 38.5 Å². The molecule has 0 spiro atoms. The summed E-state index contributed by atoms with van der Waals surface area (Å²) in [5.41, 5.74) is 10.1. The lowest BCUT2D eigenvalue weighted by atomic mass is 10.1. The van der Waals surface area contributed by atoms with Gasteiger partial charge in [0, 0.05) is 43.5 Å². The van der Waals surface area contributed by atoms with Crippen LogP contribution in [-0.2, 0) is 13.1 Å². The second-order valence-electron chi connectivity index (χ2n) is 9.64. The maximum Gasteiger partial charge on any atom is 0.320 e. The predicted molar refractivity (Wildman–Crippen MR) is 135 cm³/mol. The number of likely N-dealkylation sites (N-methyl/N-ethyl adjacent to an activating group) is 1. The minimum atomic E-state index is -0.439. The fourth-order valence-electron chi connectivity index (χ4n) is 5.41. The van der Waals surface area contributed by atoms with Crippen LogP contribution in [0.1, 0.15) is 24.5 Å². The summed E-state index contributed by atoms with van der Waals surface area (Å²) in [7, 11) is 2.22. The van der Waals surface area contributed by atoms with Crippen molar-refractivity contribution < 1.29 is 9.13 Å². The number of imidazole rings is 1. The molecule has 2 N–H and O–H groups in total. The van der Waals surface area contributed by atoms with Crippen molar-refractivity contribution in [1.82, 2.24) is 34.3 Å². The average Bonchev–Trinajstić information content (AvgIpc) is 3.53. The molecule has 0 saturated carbocycles. The Morgan fingerprint density at radius 1 is 1.03 bits per heavy atom. The quantitative estimate of drug-likeness (QED) is 0.424. The minimum Gasteiger partial charge on any atom is -0.464 e. The van der Waals surface area contributed by atoms with Crippen LogP contribution in [-0.4, -0.2) is 73.1 Å². The summed E-state index contributed by atoms with van der Waals surface area (Å²) in [6.45, 7) is 6.00. The van der Waals surface area contributed by atoms with Crippen molar-refractivity contribution in [2.75, 3.05) is 32.5 Å². The van der Waals surface area contributed by atoms with Gasteiger partial charge in [-0.05, 0) is 37.6 Å². The molecule has 9 nitrogen and oxygen atoms in total. The van der Waals surface area contributed by atoms with Gasteiger partial charge in [0.1, 0.15) is 11.6 Å². The van der Waals surface area contributed by atoms with Gasteiger partial charge in [-0.25, -0.2) is 9.37 Å². The van der Waals surface area contributed by atoms with Gasteiger partial charge >= 0.3 is 6.01 Å². The maximum absolute atomic E-state index is 14.0. The lowest BCUT2D eigenvalue weighted by molar-refractivity contribution is 0.143. The smallest absolute Gasteiger partial charge is 0.320 e. The number of nitrogen functional groups attached to an aromatic ring is 1. The molecule has 5 heterocycles. The van der Waals surface area contributed by atoms with Crippen LogP contribution in [0.3, 0.4) is 0 Å². The molecule has 0 unspecified atom stereocenters. The maximum atomic E-state index is 14.0. The van der Waals surface area contributed by atoms with Crippen LogP contribution in [0, 0.1) is 5.82 Å². The molecule has 2 saturated heterocycles. The zero-order valence-corrected chi connectivity index (χ0v) is 20.4. The molecule has 0 radical (unpaired) electrons. The van der Waals surface area contributed by atoms with Crippen molar-refractivity contribution in [3.8, 4) is 17.4 Å². The Balaban J connectivity index is 1.32.